The number of benzene rings is 2. The smallest absolute Gasteiger partial charge is 0.296 e. The number of anilines is 6. The molecule has 0 radical (unpaired) electrons. The molecule has 4 aliphatic rings. The first-order valence-corrected chi connectivity index (χ1v) is 22.0. The third-order valence-corrected chi connectivity index (χ3v) is 11.2. The minimum Gasteiger partial charge on any atom is -0.378 e. The van der Waals surface area contributed by atoms with Crippen LogP contribution in [0.1, 0.15) is 74.3 Å². The third-order valence-electron chi connectivity index (χ3n) is 11.2. The van der Waals surface area contributed by atoms with Crippen LogP contribution in [0.3, 0.4) is 0 Å². The number of carbonyl (C=O) groups excluding carboxylic acids is 5. The number of hydrogen-bond acceptors (Lipinski definition) is 18. The molecule has 2 aromatic carbocycles. The number of morpholine rings is 2. The van der Waals surface area contributed by atoms with Gasteiger partial charge in [-0.3, -0.25) is 24.0 Å². The van der Waals surface area contributed by atoms with E-state index < -0.39 is 11.8 Å². The molecule has 4 aromatic rings. The fourth-order valence-corrected chi connectivity index (χ4v) is 7.78. The first-order valence-electron chi connectivity index (χ1n) is 22.0. The molecule has 23 nitrogen and oxygen atoms in total. The highest BCUT2D eigenvalue weighted by Gasteiger charge is 2.27. The second-order valence-electron chi connectivity index (χ2n) is 16.0. The summed E-state index contributed by atoms with van der Waals surface area (Å²) in [5, 5.41) is 25.1. The van der Waals surface area contributed by atoms with Crippen molar-refractivity contribution in [3.8, 4) is 11.8 Å². The zero-order valence-electron chi connectivity index (χ0n) is 37.1. The maximum absolute atomic E-state index is 12.7. The molecule has 0 unspecified atom stereocenters. The van der Waals surface area contributed by atoms with Gasteiger partial charge in [0.05, 0.1) is 26.4 Å². The number of nitrogens with two attached hydrogens (primary N) is 3. The molecule has 0 bridgehead atoms. The van der Waals surface area contributed by atoms with Gasteiger partial charge in [0.15, 0.2) is 23.0 Å². The molecule has 4 aliphatic heterocycles. The van der Waals surface area contributed by atoms with Gasteiger partial charge >= 0.3 is 0 Å². The lowest BCUT2D eigenvalue weighted by Crippen LogP contribution is -2.48. The third kappa shape index (κ3) is 12.6. The quantitative estimate of drug-likeness (QED) is 0.111. The number of nitrogens with zero attached hydrogens (tertiary/aromatic N) is 10. The van der Waals surface area contributed by atoms with E-state index in [9.17, 15) is 24.0 Å². The second-order valence-corrected chi connectivity index (χ2v) is 16.0. The van der Waals surface area contributed by atoms with E-state index in [4.69, 9.17) is 26.7 Å². The summed E-state index contributed by atoms with van der Waals surface area (Å²) < 4.78 is 10.6. The van der Waals surface area contributed by atoms with E-state index in [0.29, 0.717) is 107 Å². The zero-order valence-corrected chi connectivity index (χ0v) is 37.1. The summed E-state index contributed by atoms with van der Waals surface area (Å²) in [5.74, 6) is 4.19. The van der Waals surface area contributed by atoms with E-state index in [1.54, 1.807) is 65.3 Å². The molecule has 67 heavy (non-hydrogen) atoms. The summed E-state index contributed by atoms with van der Waals surface area (Å²) in [6, 6.07) is 13.7. The van der Waals surface area contributed by atoms with E-state index in [-0.39, 0.29) is 52.8 Å². The molecule has 5 amide bonds. The van der Waals surface area contributed by atoms with Crippen molar-refractivity contribution in [2.45, 2.75) is 44.7 Å². The number of hydrogen-bond donors (Lipinski definition) is 6. The van der Waals surface area contributed by atoms with Crippen LogP contribution in [-0.2, 0) is 14.3 Å². The van der Waals surface area contributed by atoms with Crippen molar-refractivity contribution in [3.05, 3.63) is 71.0 Å². The summed E-state index contributed by atoms with van der Waals surface area (Å²) in [6.45, 7) is 8.57. The SMILES string of the molecule is CC#CC(=O)N[C@@H]1CCCN(c2nnc(C(N)=O)c(Nc3ccc(C(=O)N4CCOCC4)cc3)n2)C1.NC(=O)c1nnc(N2CCC[C@@H](N)C2)nc1Nc1ccc(C(=O)N2CCOCC2)cc1. The van der Waals surface area contributed by atoms with Crippen LogP contribution in [0.2, 0.25) is 0 Å². The van der Waals surface area contributed by atoms with E-state index in [2.05, 4.69) is 58.2 Å². The normalized spacial score (nSPS) is 18.3. The van der Waals surface area contributed by atoms with Gasteiger partial charge in [-0.15, -0.1) is 20.4 Å². The van der Waals surface area contributed by atoms with Gasteiger partial charge in [-0.05, 0) is 87.1 Å². The van der Waals surface area contributed by atoms with Crippen LogP contribution < -0.4 is 43.0 Å². The van der Waals surface area contributed by atoms with Crippen molar-refractivity contribution >= 4 is 64.4 Å². The van der Waals surface area contributed by atoms with Crippen LogP contribution in [0.15, 0.2) is 48.5 Å². The Balaban J connectivity index is 0.000000201. The van der Waals surface area contributed by atoms with Crippen LogP contribution in [0.25, 0.3) is 0 Å². The van der Waals surface area contributed by atoms with Crippen LogP contribution in [0, 0.1) is 11.8 Å². The van der Waals surface area contributed by atoms with Crippen LogP contribution in [0.5, 0.6) is 0 Å². The Morgan fingerprint density at radius 1 is 0.627 bits per heavy atom. The van der Waals surface area contributed by atoms with Gasteiger partial charge in [-0.25, -0.2) is 0 Å². The predicted octanol–water partition coefficient (Wildman–Crippen LogP) is 0.409. The largest absolute Gasteiger partial charge is 0.378 e. The number of amides is 5. The molecular weight excluding hydrogens is 865 g/mol. The highest BCUT2D eigenvalue weighted by Crippen LogP contribution is 2.24. The summed E-state index contributed by atoms with van der Waals surface area (Å²) in [6.07, 6.45) is 3.50. The Kier molecular flexibility index (Phi) is 16.0. The number of carbonyl (C=O) groups is 5. The molecular formula is C44H54N16O7. The topological polar surface area (TPSA) is 308 Å². The molecule has 2 aromatic heterocycles. The summed E-state index contributed by atoms with van der Waals surface area (Å²) in [4.78, 5) is 77.2. The lowest BCUT2D eigenvalue weighted by atomic mass is 10.1. The van der Waals surface area contributed by atoms with Gasteiger partial charge in [0.1, 0.15) is 0 Å². The highest BCUT2D eigenvalue weighted by atomic mass is 16.5. The second kappa shape index (κ2) is 22.6. The number of aromatic nitrogens is 6. The fourth-order valence-electron chi connectivity index (χ4n) is 7.78. The average Bonchev–Trinajstić information content (AvgIpc) is 3.35. The Hall–Kier alpha value is -7.55. The number of ether oxygens (including phenoxy) is 2. The van der Waals surface area contributed by atoms with Crippen LogP contribution in [0.4, 0.5) is 34.9 Å². The molecule has 0 aliphatic carbocycles. The molecule has 9 N–H and O–H groups in total. The Morgan fingerprint density at radius 2 is 1.07 bits per heavy atom. The standard InChI is InChI=1S/C24H28N8O4.C20H26N8O3/c1-2-4-19(33)26-18-5-3-10-32(15-18)24-28-22(20(21(25)34)29-30-24)27-17-8-6-16(7-9-17)23(35)31-11-13-36-14-12-31;21-14-2-1-7-28(12-14)20-24-18(16(17(22)29)25-26-20)23-15-5-3-13(4-6-15)19(30)27-8-10-31-11-9-27/h6-9,18H,3,5,10-15H2,1H3,(H2,25,34)(H,26,33)(H,27,28,30);3-6,14H,1-2,7-12,21H2,(H2,22,29)(H,23,24,26)/t18-;14-/m11/s1. The molecule has 0 saturated carbocycles. The van der Waals surface area contributed by atoms with Crippen molar-refractivity contribution in [2.24, 2.45) is 17.2 Å². The summed E-state index contributed by atoms with van der Waals surface area (Å²) in [7, 11) is 0. The number of nitrogens with one attached hydrogen (secondary N) is 3. The maximum Gasteiger partial charge on any atom is 0.296 e. The van der Waals surface area contributed by atoms with Gasteiger partial charge in [-0.2, -0.15) is 9.97 Å². The first kappa shape index (κ1) is 47.4. The van der Waals surface area contributed by atoms with Gasteiger partial charge < -0.3 is 62.2 Å². The number of primary amides is 2. The maximum atomic E-state index is 12.7. The Bertz CT molecular complexity index is 2470. The average molecular weight is 919 g/mol. The lowest BCUT2D eigenvalue weighted by Gasteiger charge is -2.32. The van der Waals surface area contributed by atoms with E-state index >= 15 is 0 Å². The molecule has 4 saturated heterocycles. The van der Waals surface area contributed by atoms with Crippen LogP contribution >= 0.6 is 0 Å². The molecule has 4 fully saturated rings. The van der Waals surface area contributed by atoms with Crippen molar-refractivity contribution in [2.75, 3.05) is 99.2 Å². The first-order chi connectivity index (χ1) is 32.4. The van der Waals surface area contributed by atoms with Gasteiger partial charge in [0.2, 0.25) is 11.9 Å². The molecule has 23 heteroatoms. The van der Waals surface area contributed by atoms with Crippen molar-refractivity contribution in [1.29, 1.82) is 0 Å². The molecule has 8 rings (SSSR count). The highest BCUT2D eigenvalue weighted by molar-refractivity contribution is 5.98. The molecule has 352 valence electrons. The van der Waals surface area contributed by atoms with Gasteiger partial charge in [-0.1, -0.05) is 5.92 Å². The Labute approximate surface area is 386 Å². The summed E-state index contributed by atoms with van der Waals surface area (Å²) in [5.41, 5.74) is 19.2. The fraction of sp³-hybridized carbons (Fsp3) is 0.432. The monoisotopic (exact) mass is 918 g/mol. The van der Waals surface area contributed by atoms with E-state index in [1.807, 2.05) is 9.80 Å². The minimum absolute atomic E-state index is 0.0416. The van der Waals surface area contributed by atoms with Crippen molar-refractivity contribution in [3.63, 3.8) is 0 Å². The minimum atomic E-state index is -0.773. The van der Waals surface area contributed by atoms with Crippen molar-refractivity contribution < 1.29 is 33.4 Å². The molecule has 0 spiro atoms. The Morgan fingerprint density at radius 3 is 1.51 bits per heavy atom. The van der Waals surface area contributed by atoms with E-state index in [0.717, 1.165) is 32.2 Å². The van der Waals surface area contributed by atoms with Crippen LogP contribution in [-0.4, -0.2) is 161 Å². The number of rotatable bonds is 11. The van der Waals surface area contributed by atoms with Gasteiger partial charge in [0.25, 0.3) is 29.5 Å². The van der Waals surface area contributed by atoms with Crippen molar-refractivity contribution in [1.82, 2.24) is 45.5 Å². The zero-order chi connectivity index (χ0) is 47.3. The molecule has 2 atom stereocenters. The summed E-state index contributed by atoms with van der Waals surface area (Å²) >= 11 is 0. The lowest BCUT2D eigenvalue weighted by molar-refractivity contribution is -0.116. The molecule has 6 heterocycles. The van der Waals surface area contributed by atoms with E-state index in [1.165, 1.54) is 0 Å². The number of piperidine rings is 2. The predicted molar refractivity (Wildman–Crippen MR) is 246 cm³/mol. The van der Waals surface area contributed by atoms with Gasteiger partial charge in [0, 0.05) is 86.9 Å².